The van der Waals surface area contributed by atoms with Crippen LogP contribution in [0.2, 0.25) is 0 Å². The van der Waals surface area contributed by atoms with Crippen LogP contribution in [-0.2, 0) is 4.74 Å². The number of nitrogens with zero attached hydrogens (tertiary/aromatic N) is 2. The number of esters is 1. The highest BCUT2D eigenvalue weighted by Gasteiger charge is 2.22. The summed E-state index contributed by atoms with van der Waals surface area (Å²) in [5.74, 6) is 0.541. The summed E-state index contributed by atoms with van der Waals surface area (Å²) in [4.78, 5) is 18.2. The zero-order valence-corrected chi connectivity index (χ0v) is 11.7. The number of pyridine rings is 1. The van der Waals surface area contributed by atoms with Crippen LogP contribution < -0.4 is 10.6 Å². The lowest BCUT2D eigenvalue weighted by atomic mass is 9.99. The van der Waals surface area contributed by atoms with Crippen LogP contribution in [0, 0.1) is 5.92 Å². The van der Waals surface area contributed by atoms with Crippen molar-refractivity contribution < 1.29 is 14.6 Å². The molecule has 20 heavy (non-hydrogen) atoms. The number of aliphatic hydroxyl groups excluding tert-OH is 1. The zero-order valence-electron chi connectivity index (χ0n) is 11.7. The van der Waals surface area contributed by atoms with Crippen LogP contribution in [0.5, 0.6) is 0 Å². The summed E-state index contributed by atoms with van der Waals surface area (Å²) >= 11 is 0. The molecule has 1 aliphatic heterocycles. The fourth-order valence-electron chi connectivity index (χ4n) is 2.44. The second-order valence-electron chi connectivity index (χ2n) is 4.99. The summed E-state index contributed by atoms with van der Waals surface area (Å²) in [7, 11) is 0. The molecule has 6 heteroatoms. The first-order valence-corrected chi connectivity index (χ1v) is 6.94. The topological polar surface area (TPSA) is 88.7 Å². The highest BCUT2D eigenvalue weighted by atomic mass is 16.5. The van der Waals surface area contributed by atoms with Gasteiger partial charge in [0.15, 0.2) is 0 Å². The number of anilines is 2. The number of hydrogen-bond acceptors (Lipinski definition) is 6. The zero-order chi connectivity index (χ0) is 14.5. The van der Waals surface area contributed by atoms with Crippen LogP contribution in [0.4, 0.5) is 11.5 Å². The van der Waals surface area contributed by atoms with Crippen molar-refractivity contribution in [3.05, 3.63) is 17.8 Å². The van der Waals surface area contributed by atoms with Crippen molar-refractivity contribution in [3.63, 3.8) is 0 Å². The van der Waals surface area contributed by atoms with E-state index in [2.05, 4.69) is 9.88 Å². The first-order valence-electron chi connectivity index (χ1n) is 6.94. The second kappa shape index (κ2) is 6.56. The van der Waals surface area contributed by atoms with Gasteiger partial charge in [-0.1, -0.05) is 0 Å². The Morgan fingerprint density at radius 1 is 1.65 bits per heavy atom. The fourth-order valence-corrected chi connectivity index (χ4v) is 2.44. The van der Waals surface area contributed by atoms with Gasteiger partial charge in [-0.25, -0.2) is 9.78 Å². The molecule has 1 atom stereocenters. The molecule has 6 nitrogen and oxygen atoms in total. The Balaban J connectivity index is 2.20. The number of ether oxygens (including phenoxy) is 1. The molecule has 0 radical (unpaired) electrons. The smallest absolute Gasteiger partial charge is 0.340 e. The average molecular weight is 279 g/mol. The Labute approximate surface area is 118 Å². The van der Waals surface area contributed by atoms with Crippen LogP contribution >= 0.6 is 0 Å². The number of aromatic nitrogens is 1. The number of carbonyl (C=O) groups is 1. The molecule has 1 aromatic rings. The molecule has 1 aromatic heterocycles. The number of piperidine rings is 1. The minimum absolute atomic E-state index is 0.177. The lowest BCUT2D eigenvalue weighted by Gasteiger charge is -2.32. The summed E-state index contributed by atoms with van der Waals surface area (Å²) in [6, 6.07) is 1.67. The summed E-state index contributed by atoms with van der Waals surface area (Å²) in [5, 5.41) is 9.27. The fraction of sp³-hybridized carbons (Fsp3) is 0.571. The van der Waals surface area contributed by atoms with Gasteiger partial charge >= 0.3 is 5.97 Å². The largest absolute Gasteiger partial charge is 0.462 e. The van der Waals surface area contributed by atoms with E-state index in [1.54, 1.807) is 13.0 Å². The summed E-state index contributed by atoms with van der Waals surface area (Å²) < 4.78 is 4.99. The molecule has 0 aliphatic carbocycles. The molecule has 110 valence electrons. The minimum Gasteiger partial charge on any atom is -0.462 e. The molecule has 0 bridgehead atoms. The standard InChI is InChI=1S/C14H21N3O3/c1-2-20-14(19)11-6-13(16-7-12(11)15)17-5-3-4-10(8-17)9-18/h6-7,10,18H,2-5,8-9,15H2,1H3. The van der Waals surface area contributed by atoms with Crippen LogP contribution in [0.3, 0.4) is 0 Å². The Kier molecular flexibility index (Phi) is 4.79. The molecule has 2 heterocycles. The third-order valence-corrected chi connectivity index (χ3v) is 3.52. The Morgan fingerprint density at radius 2 is 2.45 bits per heavy atom. The number of hydrogen-bond donors (Lipinski definition) is 2. The molecule has 1 fully saturated rings. The first-order chi connectivity index (χ1) is 9.65. The number of rotatable bonds is 4. The van der Waals surface area contributed by atoms with E-state index in [0.29, 0.717) is 23.7 Å². The van der Waals surface area contributed by atoms with E-state index >= 15 is 0 Å². The Bertz CT molecular complexity index is 479. The maximum Gasteiger partial charge on any atom is 0.340 e. The second-order valence-corrected chi connectivity index (χ2v) is 4.99. The Hall–Kier alpha value is -1.82. The highest BCUT2D eigenvalue weighted by molar-refractivity contribution is 5.95. The van der Waals surface area contributed by atoms with E-state index in [-0.39, 0.29) is 12.5 Å². The Morgan fingerprint density at radius 3 is 3.15 bits per heavy atom. The van der Waals surface area contributed by atoms with Gasteiger partial charge in [0.1, 0.15) is 5.82 Å². The quantitative estimate of drug-likeness (QED) is 0.801. The first kappa shape index (κ1) is 14.6. The summed E-state index contributed by atoms with van der Waals surface area (Å²) in [6.45, 7) is 3.86. The third-order valence-electron chi connectivity index (χ3n) is 3.52. The van der Waals surface area contributed by atoms with Crippen molar-refractivity contribution >= 4 is 17.5 Å². The lowest BCUT2D eigenvalue weighted by Crippen LogP contribution is -2.37. The molecule has 0 amide bonds. The van der Waals surface area contributed by atoms with E-state index in [0.717, 1.165) is 25.9 Å². The van der Waals surface area contributed by atoms with Gasteiger partial charge in [0.25, 0.3) is 0 Å². The van der Waals surface area contributed by atoms with Gasteiger partial charge in [0.2, 0.25) is 0 Å². The molecule has 1 saturated heterocycles. The van der Waals surface area contributed by atoms with Gasteiger partial charge in [-0.05, 0) is 31.7 Å². The van der Waals surface area contributed by atoms with E-state index in [1.165, 1.54) is 6.20 Å². The van der Waals surface area contributed by atoms with Gasteiger partial charge in [-0.3, -0.25) is 0 Å². The van der Waals surface area contributed by atoms with Gasteiger partial charge in [-0.15, -0.1) is 0 Å². The monoisotopic (exact) mass is 279 g/mol. The summed E-state index contributed by atoms with van der Waals surface area (Å²) in [5.41, 5.74) is 6.45. The maximum absolute atomic E-state index is 11.8. The molecule has 0 spiro atoms. The van der Waals surface area contributed by atoms with Gasteiger partial charge in [-0.2, -0.15) is 0 Å². The number of carbonyl (C=O) groups excluding carboxylic acids is 1. The van der Waals surface area contributed by atoms with Crippen LogP contribution in [0.25, 0.3) is 0 Å². The van der Waals surface area contributed by atoms with Crippen molar-refractivity contribution in [3.8, 4) is 0 Å². The van der Waals surface area contributed by atoms with Crippen molar-refractivity contribution in [2.45, 2.75) is 19.8 Å². The van der Waals surface area contributed by atoms with Gasteiger partial charge in [0, 0.05) is 19.7 Å². The van der Waals surface area contributed by atoms with Crippen LogP contribution in [0.1, 0.15) is 30.1 Å². The molecule has 3 N–H and O–H groups in total. The molecule has 2 rings (SSSR count). The maximum atomic E-state index is 11.8. The molecule has 0 aromatic carbocycles. The SMILES string of the molecule is CCOC(=O)c1cc(N2CCCC(CO)C2)ncc1N. The van der Waals surface area contributed by atoms with E-state index < -0.39 is 5.97 Å². The highest BCUT2D eigenvalue weighted by Crippen LogP contribution is 2.24. The van der Waals surface area contributed by atoms with Crippen molar-refractivity contribution in [2.75, 3.05) is 36.9 Å². The molecule has 1 aliphatic rings. The molecule has 0 saturated carbocycles. The number of nitrogens with two attached hydrogens (primary N) is 1. The van der Waals surface area contributed by atoms with E-state index in [1.807, 2.05) is 0 Å². The third kappa shape index (κ3) is 3.19. The van der Waals surface area contributed by atoms with Gasteiger partial charge in [0.05, 0.1) is 24.1 Å². The number of aliphatic hydroxyl groups is 1. The lowest BCUT2D eigenvalue weighted by molar-refractivity contribution is 0.0527. The number of nitrogen functional groups attached to an aromatic ring is 1. The predicted molar refractivity (Wildman–Crippen MR) is 76.6 cm³/mol. The van der Waals surface area contributed by atoms with E-state index in [9.17, 15) is 9.90 Å². The van der Waals surface area contributed by atoms with Crippen molar-refractivity contribution in [2.24, 2.45) is 5.92 Å². The van der Waals surface area contributed by atoms with Crippen LogP contribution in [-0.4, -0.2) is 42.4 Å². The van der Waals surface area contributed by atoms with Crippen LogP contribution in [0.15, 0.2) is 12.3 Å². The van der Waals surface area contributed by atoms with Gasteiger partial charge < -0.3 is 20.5 Å². The molecule has 1 unspecified atom stereocenters. The van der Waals surface area contributed by atoms with Crippen molar-refractivity contribution in [1.29, 1.82) is 0 Å². The predicted octanol–water partition coefficient (Wildman–Crippen LogP) is 1.05. The average Bonchev–Trinajstić information content (AvgIpc) is 2.48. The van der Waals surface area contributed by atoms with Crippen molar-refractivity contribution in [1.82, 2.24) is 4.98 Å². The van der Waals surface area contributed by atoms with E-state index in [4.69, 9.17) is 10.5 Å². The molecular formula is C14H21N3O3. The molecular weight excluding hydrogens is 258 g/mol. The minimum atomic E-state index is -0.427. The summed E-state index contributed by atoms with van der Waals surface area (Å²) in [6.07, 6.45) is 3.52. The normalized spacial score (nSPS) is 18.9.